The summed E-state index contributed by atoms with van der Waals surface area (Å²) in [6, 6.07) is 0. The summed E-state index contributed by atoms with van der Waals surface area (Å²) in [4.78, 5) is 4.34. The Morgan fingerprint density at radius 1 is 1.31 bits per heavy atom. The minimum Gasteiger partial charge on any atom is -0.397 e. The standard InChI is InChI=1S/C9H12Br2N2/c1-9(2,3)8-6(11)7(12)5(10)4-13-8/h4H,1-3H3,(H2,12,13). The molecule has 1 aromatic heterocycles. The molecule has 0 atom stereocenters. The second kappa shape index (κ2) is 3.58. The maximum absolute atomic E-state index is 5.85. The second-order valence-corrected chi connectivity index (χ2v) is 5.58. The largest absolute Gasteiger partial charge is 0.397 e. The van der Waals surface area contributed by atoms with Crippen LogP contribution in [-0.2, 0) is 5.41 Å². The maximum atomic E-state index is 5.85. The van der Waals surface area contributed by atoms with Crippen molar-refractivity contribution in [1.82, 2.24) is 4.98 Å². The Bertz CT molecular complexity index is 329. The number of pyridine rings is 1. The van der Waals surface area contributed by atoms with E-state index in [1.807, 2.05) is 0 Å². The van der Waals surface area contributed by atoms with Gasteiger partial charge in [-0.05, 0) is 31.9 Å². The number of hydrogen-bond donors (Lipinski definition) is 1. The van der Waals surface area contributed by atoms with Gasteiger partial charge in [0.15, 0.2) is 0 Å². The van der Waals surface area contributed by atoms with Crippen LogP contribution in [0.2, 0.25) is 0 Å². The summed E-state index contributed by atoms with van der Waals surface area (Å²) in [5.74, 6) is 0. The van der Waals surface area contributed by atoms with Crippen molar-refractivity contribution < 1.29 is 0 Å². The Labute approximate surface area is 95.2 Å². The summed E-state index contributed by atoms with van der Waals surface area (Å²) < 4.78 is 1.71. The highest BCUT2D eigenvalue weighted by Crippen LogP contribution is 2.35. The van der Waals surface area contributed by atoms with Crippen LogP contribution in [0.4, 0.5) is 5.69 Å². The van der Waals surface area contributed by atoms with Gasteiger partial charge < -0.3 is 5.73 Å². The number of halogens is 2. The summed E-state index contributed by atoms with van der Waals surface area (Å²) in [6.45, 7) is 6.31. The normalized spacial score (nSPS) is 11.8. The molecule has 0 saturated heterocycles. The van der Waals surface area contributed by atoms with Crippen molar-refractivity contribution in [3.63, 3.8) is 0 Å². The quantitative estimate of drug-likeness (QED) is 0.797. The van der Waals surface area contributed by atoms with Crippen LogP contribution in [0.3, 0.4) is 0 Å². The van der Waals surface area contributed by atoms with E-state index in [0.29, 0.717) is 5.69 Å². The third kappa shape index (κ3) is 2.23. The molecule has 0 aromatic carbocycles. The number of nitrogens with two attached hydrogens (primary N) is 1. The highest BCUT2D eigenvalue weighted by Gasteiger charge is 2.20. The third-order valence-electron chi connectivity index (χ3n) is 1.72. The molecule has 0 amide bonds. The molecule has 0 bridgehead atoms. The predicted octanol–water partition coefficient (Wildman–Crippen LogP) is 3.49. The van der Waals surface area contributed by atoms with E-state index in [-0.39, 0.29) is 5.41 Å². The van der Waals surface area contributed by atoms with Crippen LogP contribution in [-0.4, -0.2) is 4.98 Å². The van der Waals surface area contributed by atoms with Gasteiger partial charge in [0.25, 0.3) is 0 Å². The summed E-state index contributed by atoms with van der Waals surface area (Å²) in [7, 11) is 0. The van der Waals surface area contributed by atoms with E-state index in [1.54, 1.807) is 6.20 Å². The molecule has 1 aromatic rings. The van der Waals surface area contributed by atoms with E-state index in [9.17, 15) is 0 Å². The molecule has 0 aliphatic rings. The van der Waals surface area contributed by atoms with Crippen molar-refractivity contribution in [2.75, 3.05) is 5.73 Å². The van der Waals surface area contributed by atoms with E-state index >= 15 is 0 Å². The summed E-state index contributed by atoms with van der Waals surface area (Å²) in [5, 5.41) is 0. The highest BCUT2D eigenvalue weighted by atomic mass is 79.9. The summed E-state index contributed by atoms with van der Waals surface area (Å²) in [5.41, 5.74) is 7.54. The van der Waals surface area contributed by atoms with Crippen molar-refractivity contribution in [2.24, 2.45) is 0 Å². The van der Waals surface area contributed by atoms with Crippen LogP contribution in [0.5, 0.6) is 0 Å². The molecule has 4 heteroatoms. The Morgan fingerprint density at radius 2 is 1.85 bits per heavy atom. The van der Waals surface area contributed by atoms with Gasteiger partial charge in [0, 0.05) is 11.6 Å². The number of rotatable bonds is 0. The van der Waals surface area contributed by atoms with Crippen molar-refractivity contribution in [2.45, 2.75) is 26.2 Å². The van der Waals surface area contributed by atoms with Gasteiger partial charge in [-0.1, -0.05) is 20.8 Å². The Kier molecular flexibility index (Phi) is 3.02. The van der Waals surface area contributed by atoms with Crippen LogP contribution in [0.1, 0.15) is 26.5 Å². The van der Waals surface area contributed by atoms with Gasteiger partial charge in [-0.2, -0.15) is 0 Å². The van der Waals surface area contributed by atoms with E-state index in [1.165, 1.54) is 0 Å². The Morgan fingerprint density at radius 3 is 2.31 bits per heavy atom. The molecule has 72 valence electrons. The van der Waals surface area contributed by atoms with E-state index in [0.717, 1.165) is 14.6 Å². The summed E-state index contributed by atoms with van der Waals surface area (Å²) >= 11 is 6.78. The zero-order valence-corrected chi connectivity index (χ0v) is 11.0. The molecule has 13 heavy (non-hydrogen) atoms. The molecule has 1 rings (SSSR count). The molecule has 0 aliphatic heterocycles. The van der Waals surface area contributed by atoms with Crippen LogP contribution in [0.25, 0.3) is 0 Å². The number of aromatic nitrogens is 1. The van der Waals surface area contributed by atoms with Crippen molar-refractivity contribution in [1.29, 1.82) is 0 Å². The van der Waals surface area contributed by atoms with E-state index < -0.39 is 0 Å². The molecule has 0 saturated carbocycles. The molecule has 1 heterocycles. The van der Waals surface area contributed by atoms with Gasteiger partial charge >= 0.3 is 0 Å². The van der Waals surface area contributed by atoms with Crippen molar-refractivity contribution in [3.05, 3.63) is 20.8 Å². The monoisotopic (exact) mass is 306 g/mol. The first kappa shape index (κ1) is 11.0. The maximum Gasteiger partial charge on any atom is 0.0637 e. The number of hydrogen-bond acceptors (Lipinski definition) is 2. The Balaban J connectivity index is 3.35. The first-order valence-corrected chi connectivity index (χ1v) is 5.52. The van der Waals surface area contributed by atoms with Crippen LogP contribution in [0, 0.1) is 0 Å². The minimum atomic E-state index is 0.00759. The van der Waals surface area contributed by atoms with Crippen LogP contribution < -0.4 is 5.73 Å². The lowest BCUT2D eigenvalue weighted by Gasteiger charge is -2.20. The molecule has 0 unspecified atom stereocenters. The van der Waals surface area contributed by atoms with Gasteiger partial charge in [0.05, 0.1) is 20.3 Å². The number of anilines is 1. The van der Waals surface area contributed by atoms with Gasteiger partial charge in [-0.25, -0.2) is 0 Å². The third-order valence-corrected chi connectivity index (χ3v) is 3.15. The molecule has 2 N–H and O–H groups in total. The lowest BCUT2D eigenvalue weighted by atomic mass is 9.91. The number of nitrogen functional groups attached to an aromatic ring is 1. The lowest BCUT2D eigenvalue weighted by molar-refractivity contribution is 0.565. The fourth-order valence-electron chi connectivity index (χ4n) is 1.00. The minimum absolute atomic E-state index is 0.00759. The van der Waals surface area contributed by atoms with Crippen molar-refractivity contribution >= 4 is 37.5 Å². The predicted molar refractivity (Wildman–Crippen MR) is 62.7 cm³/mol. The molecular weight excluding hydrogens is 296 g/mol. The van der Waals surface area contributed by atoms with Crippen LogP contribution in [0.15, 0.2) is 15.1 Å². The van der Waals surface area contributed by atoms with E-state index in [4.69, 9.17) is 5.73 Å². The fourth-order valence-corrected chi connectivity index (χ4v) is 2.48. The average molecular weight is 308 g/mol. The molecule has 0 aliphatic carbocycles. The molecule has 0 spiro atoms. The molecule has 0 radical (unpaired) electrons. The lowest BCUT2D eigenvalue weighted by Crippen LogP contribution is -2.15. The molecule has 2 nitrogen and oxygen atoms in total. The highest BCUT2D eigenvalue weighted by molar-refractivity contribution is 9.11. The van der Waals surface area contributed by atoms with Crippen LogP contribution >= 0.6 is 31.9 Å². The average Bonchev–Trinajstić information content (AvgIpc) is 1.98. The van der Waals surface area contributed by atoms with Crippen molar-refractivity contribution in [3.8, 4) is 0 Å². The molecular formula is C9H12Br2N2. The van der Waals surface area contributed by atoms with Gasteiger partial charge in [0.1, 0.15) is 0 Å². The second-order valence-electron chi connectivity index (χ2n) is 3.93. The van der Waals surface area contributed by atoms with Gasteiger partial charge in [-0.15, -0.1) is 0 Å². The Hall–Kier alpha value is -0.0900. The zero-order chi connectivity index (χ0) is 10.2. The first-order valence-electron chi connectivity index (χ1n) is 3.94. The van der Waals surface area contributed by atoms with Gasteiger partial charge in [0.2, 0.25) is 0 Å². The first-order chi connectivity index (χ1) is 5.84. The smallest absolute Gasteiger partial charge is 0.0637 e. The number of nitrogens with zero attached hydrogens (tertiary/aromatic N) is 1. The summed E-state index contributed by atoms with van der Waals surface area (Å²) in [6.07, 6.45) is 1.74. The zero-order valence-electron chi connectivity index (χ0n) is 7.86. The topological polar surface area (TPSA) is 38.9 Å². The fraction of sp³-hybridized carbons (Fsp3) is 0.444. The van der Waals surface area contributed by atoms with E-state index in [2.05, 4.69) is 57.6 Å². The SMILES string of the molecule is CC(C)(C)c1ncc(Br)c(N)c1Br. The molecule has 0 fully saturated rings. The van der Waals surface area contributed by atoms with Gasteiger partial charge in [-0.3, -0.25) is 4.98 Å².